The topological polar surface area (TPSA) is 41.0 Å². The minimum absolute atomic E-state index is 0.0463. The van der Waals surface area contributed by atoms with Gasteiger partial charge in [-0.05, 0) is 44.1 Å². The van der Waals surface area contributed by atoms with Crippen LogP contribution in [0.25, 0.3) is 20.3 Å². The lowest BCUT2D eigenvalue weighted by atomic mass is 10.0. The SMILES string of the molecule is CCC1CCCCN1CCn1c(=S)[nH]c2c(sc3ccccc32)c1=O. The molecule has 1 aromatic carbocycles. The quantitative estimate of drug-likeness (QED) is 0.683. The van der Waals surface area contributed by atoms with Gasteiger partial charge in [0.25, 0.3) is 5.56 Å². The largest absolute Gasteiger partial charge is 0.330 e. The lowest BCUT2D eigenvalue weighted by Crippen LogP contribution is -2.41. The van der Waals surface area contributed by atoms with Crippen molar-refractivity contribution in [2.75, 3.05) is 13.1 Å². The Kier molecular flexibility index (Phi) is 4.75. The van der Waals surface area contributed by atoms with E-state index >= 15 is 0 Å². The van der Waals surface area contributed by atoms with E-state index in [0.29, 0.717) is 17.4 Å². The summed E-state index contributed by atoms with van der Waals surface area (Å²) in [5.41, 5.74) is 0.932. The minimum atomic E-state index is 0.0463. The van der Waals surface area contributed by atoms with Gasteiger partial charge in [-0.3, -0.25) is 14.3 Å². The van der Waals surface area contributed by atoms with E-state index in [1.807, 2.05) is 18.2 Å². The highest BCUT2D eigenvalue weighted by molar-refractivity contribution is 7.71. The van der Waals surface area contributed by atoms with Crippen molar-refractivity contribution in [1.82, 2.24) is 14.5 Å². The maximum absolute atomic E-state index is 13.0. The van der Waals surface area contributed by atoms with E-state index in [9.17, 15) is 4.79 Å². The fourth-order valence-electron chi connectivity index (χ4n) is 3.96. The molecule has 0 amide bonds. The number of H-pyrrole nitrogens is 1. The van der Waals surface area contributed by atoms with Gasteiger partial charge in [0.2, 0.25) is 0 Å². The third-order valence-electron chi connectivity index (χ3n) is 5.34. The van der Waals surface area contributed by atoms with Gasteiger partial charge in [0, 0.05) is 29.2 Å². The van der Waals surface area contributed by atoms with Gasteiger partial charge in [-0.25, -0.2) is 0 Å². The average molecular weight is 374 g/mol. The van der Waals surface area contributed by atoms with Crippen LogP contribution < -0.4 is 5.56 Å². The van der Waals surface area contributed by atoms with Crippen LogP contribution in [-0.2, 0) is 6.54 Å². The molecule has 1 fully saturated rings. The van der Waals surface area contributed by atoms with Crippen molar-refractivity contribution >= 4 is 43.9 Å². The number of piperidine rings is 1. The molecule has 1 unspecified atom stereocenters. The summed E-state index contributed by atoms with van der Waals surface area (Å²) in [7, 11) is 0. The van der Waals surface area contributed by atoms with Gasteiger partial charge in [-0.2, -0.15) is 0 Å². The molecule has 1 saturated heterocycles. The van der Waals surface area contributed by atoms with Crippen molar-refractivity contribution in [3.8, 4) is 0 Å². The van der Waals surface area contributed by atoms with Gasteiger partial charge >= 0.3 is 0 Å². The molecule has 6 heteroatoms. The van der Waals surface area contributed by atoms with Gasteiger partial charge in [-0.15, -0.1) is 11.3 Å². The van der Waals surface area contributed by atoms with Crippen molar-refractivity contribution in [2.24, 2.45) is 0 Å². The average Bonchev–Trinajstić information content (AvgIpc) is 3.01. The molecule has 1 atom stereocenters. The van der Waals surface area contributed by atoms with Crippen LogP contribution in [0.5, 0.6) is 0 Å². The Hall–Kier alpha value is -1.50. The monoisotopic (exact) mass is 373 g/mol. The summed E-state index contributed by atoms with van der Waals surface area (Å²) in [5.74, 6) is 0. The number of likely N-dealkylation sites (tertiary alicyclic amines) is 1. The first-order valence-electron chi connectivity index (χ1n) is 9.07. The van der Waals surface area contributed by atoms with Crippen LogP contribution in [0, 0.1) is 4.77 Å². The van der Waals surface area contributed by atoms with Gasteiger partial charge in [-0.1, -0.05) is 31.5 Å². The van der Waals surface area contributed by atoms with Crippen LogP contribution >= 0.6 is 23.6 Å². The molecule has 0 bridgehead atoms. The van der Waals surface area contributed by atoms with Crippen LogP contribution in [-0.4, -0.2) is 33.6 Å². The fourth-order valence-corrected chi connectivity index (χ4v) is 5.34. The normalized spacial score (nSPS) is 19.0. The number of nitrogens with one attached hydrogen (secondary N) is 1. The summed E-state index contributed by atoms with van der Waals surface area (Å²) in [6.45, 7) is 4.95. The third kappa shape index (κ3) is 3.07. The van der Waals surface area contributed by atoms with E-state index < -0.39 is 0 Å². The summed E-state index contributed by atoms with van der Waals surface area (Å²) in [4.78, 5) is 18.8. The molecule has 1 aliphatic heterocycles. The molecule has 3 aromatic rings. The lowest BCUT2D eigenvalue weighted by molar-refractivity contribution is 0.138. The third-order valence-corrected chi connectivity index (χ3v) is 6.82. The summed E-state index contributed by atoms with van der Waals surface area (Å²) in [6.07, 6.45) is 5.03. The second-order valence-corrected chi connectivity index (χ2v) is 8.22. The van der Waals surface area contributed by atoms with E-state index in [2.05, 4.69) is 22.9 Å². The Morgan fingerprint density at radius 2 is 2.12 bits per heavy atom. The molecule has 3 heterocycles. The summed E-state index contributed by atoms with van der Waals surface area (Å²) in [6, 6.07) is 8.75. The highest BCUT2D eigenvalue weighted by Crippen LogP contribution is 2.30. The maximum atomic E-state index is 13.0. The Bertz CT molecular complexity index is 1020. The van der Waals surface area contributed by atoms with E-state index in [4.69, 9.17) is 12.2 Å². The predicted octanol–water partition coefficient (Wildman–Crippen LogP) is 4.54. The first-order valence-corrected chi connectivity index (χ1v) is 10.3. The standard InChI is InChI=1S/C19H23N3OS2/c1-2-13-7-5-6-10-21(13)11-12-22-18(23)17-16(20-19(22)24)14-8-3-4-9-15(14)25-17/h3-4,8-9,13H,2,5-7,10-12H2,1H3,(H,20,24). The maximum Gasteiger partial charge on any atom is 0.272 e. The first-order chi connectivity index (χ1) is 12.2. The number of hydrogen-bond donors (Lipinski definition) is 1. The number of fused-ring (bicyclic) bond motifs is 3. The zero-order valence-electron chi connectivity index (χ0n) is 14.5. The summed E-state index contributed by atoms with van der Waals surface area (Å²) < 4.78 is 4.18. The number of aromatic nitrogens is 2. The molecular weight excluding hydrogens is 350 g/mol. The van der Waals surface area contributed by atoms with Crippen molar-refractivity contribution in [1.29, 1.82) is 0 Å². The molecule has 0 aliphatic carbocycles. The number of rotatable bonds is 4. The van der Waals surface area contributed by atoms with Crippen LogP contribution in [0.1, 0.15) is 32.6 Å². The molecule has 4 nitrogen and oxygen atoms in total. The second-order valence-electron chi connectivity index (χ2n) is 6.78. The Morgan fingerprint density at radius 1 is 1.28 bits per heavy atom. The van der Waals surface area contributed by atoms with E-state index in [0.717, 1.165) is 33.4 Å². The molecule has 0 saturated carbocycles. The molecule has 4 rings (SSSR count). The lowest BCUT2D eigenvalue weighted by Gasteiger charge is -2.35. The van der Waals surface area contributed by atoms with E-state index in [1.54, 1.807) is 15.9 Å². The van der Waals surface area contributed by atoms with E-state index in [1.165, 1.54) is 25.7 Å². The molecule has 1 aliphatic rings. The highest BCUT2D eigenvalue weighted by Gasteiger charge is 2.21. The Labute approximate surface area is 156 Å². The Balaban J connectivity index is 1.69. The second kappa shape index (κ2) is 7.02. The summed E-state index contributed by atoms with van der Waals surface area (Å²) in [5, 5.41) is 1.08. The van der Waals surface area contributed by atoms with Gasteiger partial charge in [0.15, 0.2) is 4.77 Å². The molecular formula is C19H23N3OS2. The smallest absolute Gasteiger partial charge is 0.272 e. The number of thiophene rings is 1. The molecule has 0 spiro atoms. The van der Waals surface area contributed by atoms with E-state index in [-0.39, 0.29) is 5.56 Å². The van der Waals surface area contributed by atoms with Crippen molar-refractivity contribution in [2.45, 2.75) is 45.2 Å². The van der Waals surface area contributed by atoms with Gasteiger partial charge in [0.1, 0.15) is 4.70 Å². The first kappa shape index (κ1) is 16.9. The summed E-state index contributed by atoms with van der Waals surface area (Å²) >= 11 is 7.07. The van der Waals surface area contributed by atoms with Crippen LogP contribution in [0.2, 0.25) is 0 Å². The predicted molar refractivity (Wildman–Crippen MR) is 108 cm³/mol. The van der Waals surface area contributed by atoms with Crippen molar-refractivity contribution < 1.29 is 0 Å². The van der Waals surface area contributed by atoms with Gasteiger partial charge < -0.3 is 4.98 Å². The molecule has 132 valence electrons. The number of benzene rings is 1. The molecule has 25 heavy (non-hydrogen) atoms. The van der Waals surface area contributed by atoms with Crippen LogP contribution in [0.15, 0.2) is 29.1 Å². The van der Waals surface area contributed by atoms with Crippen LogP contribution in [0.3, 0.4) is 0 Å². The highest BCUT2D eigenvalue weighted by atomic mass is 32.1. The number of aromatic amines is 1. The minimum Gasteiger partial charge on any atom is -0.330 e. The van der Waals surface area contributed by atoms with Gasteiger partial charge in [0.05, 0.1) is 5.52 Å². The molecule has 2 aromatic heterocycles. The zero-order chi connectivity index (χ0) is 17.4. The molecule has 1 N–H and O–H groups in total. The number of hydrogen-bond acceptors (Lipinski definition) is 4. The Morgan fingerprint density at radius 3 is 2.96 bits per heavy atom. The molecule has 0 radical (unpaired) electrons. The van der Waals surface area contributed by atoms with Crippen molar-refractivity contribution in [3.63, 3.8) is 0 Å². The van der Waals surface area contributed by atoms with Crippen molar-refractivity contribution in [3.05, 3.63) is 39.4 Å². The fraction of sp³-hybridized carbons (Fsp3) is 0.474. The zero-order valence-corrected chi connectivity index (χ0v) is 16.1. The van der Waals surface area contributed by atoms with Crippen LogP contribution in [0.4, 0.5) is 0 Å². The number of nitrogens with zero attached hydrogens (tertiary/aromatic N) is 2.